The van der Waals surface area contributed by atoms with Crippen LogP contribution in [0.5, 0.6) is 0 Å². The van der Waals surface area contributed by atoms with Gasteiger partial charge in [0, 0.05) is 30.1 Å². The maximum Gasteiger partial charge on any atom is 0.124 e. The molecule has 1 atom stereocenters. The third-order valence-corrected chi connectivity index (χ3v) is 3.83. The molecule has 1 aliphatic heterocycles. The van der Waals surface area contributed by atoms with Gasteiger partial charge in [0.15, 0.2) is 0 Å². The lowest BCUT2D eigenvalue weighted by Crippen LogP contribution is -2.29. The zero-order valence-corrected chi connectivity index (χ0v) is 10.9. The van der Waals surface area contributed by atoms with Crippen LogP contribution < -0.4 is 5.32 Å². The second-order valence-electron chi connectivity index (χ2n) is 4.25. The summed E-state index contributed by atoms with van der Waals surface area (Å²) in [4.78, 5) is 2.39. The van der Waals surface area contributed by atoms with Gasteiger partial charge in [-0.2, -0.15) is 0 Å². The Bertz CT molecular complexity index is 370. The summed E-state index contributed by atoms with van der Waals surface area (Å²) in [5.41, 5.74) is 1.15. The Hall–Kier alpha value is -0.450. The molecule has 16 heavy (non-hydrogen) atoms. The largest absolute Gasteiger partial charge is 0.316 e. The van der Waals surface area contributed by atoms with E-state index in [1.54, 1.807) is 0 Å². The van der Waals surface area contributed by atoms with E-state index in [4.69, 9.17) is 0 Å². The van der Waals surface area contributed by atoms with Crippen molar-refractivity contribution in [1.29, 1.82) is 0 Å². The summed E-state index contributed by atoms with van der Waals surface area (Å²) in [5, 5.41) is 3.29. The average molecular weight is 287 g/mol. The quantitative estimate of drug-likeness (QED) is 0.918. The molecule has 1 heterocycles. The van der Waals surface area contributed by atoms with Gasteiger partial charge in [0.05, 0.1) is 0 Å². The van der Waals surface area contributed by atoms with Crippen LogP contribution in [0.1, 0.15) is 12.0 Å². The van der Waals surface area contributed by atoms with E-state index in [9.17, 15) is 4.39 Å². The molecule has 0 amide bonds. The molecule has 0 spiro atoms. The van der Waals surface area contributed by atoms with Crippen molar-refractivity contribution in [2.24, 2.45) is 0 Å². The molecule has 88 valence electrons. The summed E-state index contributed by atoms with van der Waals surface area (Å²) >= 11 is 3.40. The molecule has 4 heteroatoms. The van der Waals surface area contributed by atoms with Crippen molar-refractivity contribution in [3.8, 4) is 0 Å². The van der Waals surface area contributed by atoms with E-state index in [0.29, 0.717) is 6.04 Å². The maximum atomic E-state index is 12.9. The highest BCUT2D eigenvalue weighted by molar-refractivity contribution is 9.10. The van der Waals surface area contributed by atoms with Crippen LogP contribution in [0.25, 0.3) is 0 Å². The van der Waals surface area contributed by atoms with E-state index >= 15 is 0 Å². The van der Waals surface area contributed by atoms with Gasteiger partial charge in [0.2, 0.25) is 0 Å². The summed E-state index contributed by atoms with van der Waals surface area (Å²) < 4.78 is 13.8. The minimum absolute atomic E-state index is 0.190. The SMILES string of the molecule is CNC1CCN(Cc2ccc(F)cc2Br)C1. The molecule has 2 nitrogen and oxygen atoms in total. The molecule has 1 aromatic carbocycles. The van der Waals surface area contributed by atoms with Crippen molar-refractivity contribution in [3.63, 3.8) is 0 Å². The first kappa shape index (κ1) is 12.0. The molecule has 1 fully saturated rings. The molecular formula is C12H16BrFN2. The number of nitrogens with zero attached hydrogens (tertiary/aromatic N) is 1. The fraction of sp³-hybridized carbons (Fsp3) is 0.500. The van der Waals surface area contributed by atoms with Gasteiger partial charge in [-0.1, -0.05) is 22.0 Å². The Kier molecular flexibility index (Phi) is 3.95. The average Bonchev–Trinajstić information content (AvgIpc) is 2.70. The highest BCUT2D eigenvalue weighted by Crippen LogP contribution is 2.21. The van der Waals surface area contributed by atoms with Crippen LogP contribution in [0.4, 0.5) is 4.39 Å². The first-order chi connectivity index (χ1) is 7.69. The molecule has 1 saturated heterocycles. The van der Waals surface area contributed by atoms with Crippen molar-refractivity contribution in [1.82, 2.24) is 10.2 Å². The molecule has 0 aliphatic carbocycles. The summed E-state index contributed by atoms with van der Waals surface area (Å²) in [6, 6.07) is 5.50. The monoisotopic (exact) mass is 286 g/mol. The fourth-order valence-electron chi connectivity index (χ4n) is 2.10. The van der Waals surface area contributed by atoms with Crippen LogP contribution in [-0.4, -0.2) is 31.1 Å². The Morgan fingerprint density at radius 3 is 3.00 bits per heavy atom. The molecule has 2 rings (SSSR count). The summed E-state index contributed by atoms with van der Waals surface area (Å²) in [6.45, 7) is 3.06. The van der Waals surface area contributed by atoms with Crippen molar-refractivity contribution in [2.45, 2.75) is 19.0 Å². The molecule has 0 saturated carbocycles. The van der Waals surface area contributed by atoms with E-state index in [1.165, 1.54) is 18.6 Å². The van der Waals surface area contributed by atoms with Crippen molar-refractivity contribution >= 4 is 15.9 Å². The van der Waals surface area contributed by atoms with Gasteiger partial charge in [-0.25, -0.2) is 4.39 Å². The number of hydrogen-bond acceptors (Lipinski definition) is 2. The highest BCUT2D eigenvalue weighted by Gasteiger charge is 2.21. The smallest absolute Gasteiger partial charge is 0.124 e. The minimum atomic E-state index is -0.190. The second-order valence-corrected chi connectivity index (χ2v) is 5.10. The lowest BCUT2D eigenvalue weighted by atomic mass is 10.2. The maximum absolute atomic E-state index is 12.9. The van der Waals surface area contributed by atoms with E-state index in [2.05, 4.69) is 26.1 Å². The van der Waals surface area contributed by atoms with Gasteiger partial charge in [-0.05, 0) is 31.2 Å². The van der Waals surface area contributed by atoms with Crippen LogP contribution in [-0.2, 0) is 6.54 Å². The molecule has 1 aliphatic rings. The standard InChI is InChI=1S/C12H16BrFN2/c1-15-11-4-5-16(8-11)7-9-2-3-10(14)6-12(9)13/h2-3,6,11,15H,4-5,7-8H2,1H3. The van der Waals surface area contributed by atoms with E-state index in [-0.39, 0.29) is 5.82 Å². The van der Waals surface area contributed by atoms with Gasteiger partial charge in [-0.15, -0.1) is 0 Å². The molecule has 1 N–H and O–H groups in total. The Morgan fingerprint density at radius 1 is 1.56 bits per heavy atom. The van der Waals surface area contributed by atoms with Crippen molar-refractivity contribution in [3.05, 3.63) is 34.1 Å². The lowest BCUT2D eigenvalue weighted by Gasteiger charge is -2.16. The Balaban J connectivity index is 1.99. The molecule has 0 aromatic heterocycles. The van der Waals surface area contributed by atoms with Crippen molar-refractivity contribution < 1.29 is 4.39 Å². The zero-order valence-electron chi connectivity index (χ0n) is 9.34. The molecule has 0 bridgehead atoms. The van der Waals surface area contributed by atoms with Gasteiger partial charge >= 0.3 is 0 Å². The first-order valence-electron chi connectivity index (χ1n) is 5.52. The Labute approximate surface area is 104 Å². The molecule has 1 unspecified atom stereocenters. The predicted octanol–water partition coefficient (Wildman–Crippen LogP) is 2.38. The van der Waals surface area contributed by atoms with Crippen LogP contribution in [0, 0.1) is 5.82 Å². The third kappa shape index (κ3) is 2.81. The summed E-state index contributed by atoms with van der Waals surface area (Å²) in [6.07, 6.45) is 1.19. The Morgan fingerprint density at radius 2 is 2.38 bits per heavy atom. The fourth-order valence-corrected chi connectivity index (χ4v) is 2.58. The topological polar surface area (TPSA) is 15.3 Å². The number of likely N-dealkylation sites (tertiary alicyclic amines) is 1. The van der Waals surface area contributed by atoms with Crippen LogP contribution >= 0.6 is 15.9 Å². The third-order valence-electron chi connectivity index (χ3n) is 3.09. The number of likely N-dealkylation sites (N-methyl/N-ethyl adjacent to an activating group) is 1. The minimum Gasteiger partial charge on any atom is -0.316 e. The molecule has 0 radical (unpaired) electrons. The van der Waals surface area contributed by atoms with E-state index in [1.807, 2.05) is 13.1 Å². The van der Waals surface area contributed by atoms with E-state index in [0.717, 1.165) is 29.7 Å². The van der Waals surface area contributed by atoms with Crippen LogP contribution in [0.15, 0.2) is 22.7 Å². The second kappa shape index (κ2) is 5.25. The van der Waals surface area contributed by atoms with Gasteiger partial charge in [0.1, 0.15) is 5.82 Å². The van der Waals surface area contributed by atoms with E-state index < -0.39 is 0 Å². The summed E-state index contributed by atoms with van der Waals surface area (Å²) in [7, 11) is 2.00. The van der Waals surface area contributed by atoms with Crippen LogP contribution in [0.3, 0.4) is 0 Å². The summed E-state index contributed by atoms with van der Waals surface area (Å²) in [5.74, 6) is -0.190. The highest BCUT2D eigenvalue weighted by atomic mass is 79.9. The van der Waals surface area contributed by atoms with Crippen LogP contribution in [0.2, 0.25) is 0 Å². The van der Waals surface area contributed by atoms with Gasteiger partial charge in [0.25, 0.3) is 0 Å². The lowest BCUT2D eigenvalue weighted by molar-refractivity contribution is 0.321. The van der Waals surface area contributed by atoms with Crippen molar-refractivity contribution in [2.75, 3.05) is 20.1 Å². The molecular weight excluding hydrogens is 271 g/mol. The number of hydrogen-bond donors (Lipinski definition) is 1. The normalized spacial score (nSPS) is 21.6. The van der Waals surface area contributed by atoms with Gasteiger partial charge in [-0.3, -0.25) is 4.90 Å². The number of nitrogens with one attached hydrogen (secondary N) is 1. The first-order valence-corrected chi connectivity index (χ1v) is 6.32. The zero-order chi connectivity index (χ0) is 11.5. The number of rotatable bonds is 3. The number of halogens is 2. The predicted molar refractivity (Wildman–Crippen MR) is 66.8 cm³/mol. The van der Waals surface area contributed by atoms with Gasteiger partial charge < -0.3 is 5.32 Å². The molecule has 1 aromatic rings. The number of benzene rings is 1.